The molecule has 18 heavy (non-hydrogen) atoms. The second-order valence-corrected chi connectivity index (χ2v) is 4.09. The van der Waals surface area contributed by atoms with E-state index >= 15 is 0 Å². The van der Waals surface area contributed by atoms with E-state index in [9.17, 15) is 4.79 Å². The first kappa shape index (κ1) is 12.3. The number of aryl methyl sites for hydroxylation is 1. The molecule has 0 spiro atoms. The lowest BCUT2D eigenvalue weighted by Crippen LogP contribution is -2.29. The van der Waals surface area contributed by atoms with Crippen LogP contribution in [0.5, 0.6) is 0 Å². The molecule has 1 atom stereocenters. The van der Waals surface area contributed by atoms with Crippen LogP contribution in [0.3, 0.4) is 0 Å². The molecule has 0 aliphatic rings. The maximum atomic E-state index is 11.9. The molecule has 0 saturated heterocycles. The molecular formula is C13H16N4O. The van der Waals surface area contributed by atoms with Gasteiger partial charge in [-0.25, -0.2) is 4.98 Å². The number of carbonyl (C=O) groups is 1. The van der Waals surface area contributed by atoms with Crippen molar-refractivity contribution in [2.24, 2.45) is 0 Å². The van der Waals surface area contributed by atoms with Crippen molar-refractivity contribution >= 4 is 5.91 Å². The third-order valence-electron chi connectivity index (χ3n) is 2.72. The second-order valence-electron chi connectivity index (χ2n) is 4.09. The lowest BCUT2D eigenvalue weighted by Gasteiger charge is -2.16. The molecule has 0 fully saturated rings. The second kappa shape index (κ2) is 5.44. The van der Waals surface area contributed by atoms with E-state index in [1.165, 1.54) is 0 Å². The summed E-state index contributed by atoms with van der Waals surface area (Å²) in [6, 6.07) is 9.85. The molecule has 1 aromatic heterocycles. The number of H-pyrrole nitrogens is 1. The first-order chi connectivity index (χ1) is 8.70. The predicted molar refractivity (Wildman–Crippen MR) is 68.1 cm³/mol. The van der Waals surface area contributed by atoms with Crippen molar-refractivity contribution < 1.29 is 4.79 Å². The Morgan fingerprint density at radius 3 is 2.67 bits per heavy atom. The number of aromatic amines is 1. The number of hydrogen-bond donors (Lipinski definition) is 2. The summed E-state index contributed by atoms with van der Waals surface area (Å²) in [4.78, 5) is 16.0. The van der Waals surface area contributed by atoms with Crippen LogP contribution in [0.25, 0.3) is 0 Å². The molecule has 0 aliphatic heterocycles. The lowest BCUT2D eigenvalue weighted by atomic mass is 10.0. The van der Waals surface area contributed by atoms with Crippen LogP contribution >= 0.6 is 0 Å². The normalized spacial score (nSPS) is 12.1. The molecule has 2 N–H and O–H groups in total. The molecule has 5 heteroatoms. The Labute approximate surface area is 106 Å². The van der Waals surface area contributed by atoms with Gasteiger partial charge in [-0.3, -0.25) is 9.89 Å². The zero-order valence-electron chi connectivity index (χ0n) is 10.5. The standard InChI is InChI=1S/C13H16N4O/c1-3-11(10-7-5-4-6-8-10)15-13(18)12-14-9(2)16-17-12/h4-8,11H,3H2,1-2H3,(H,15,18)(H,14,16,17). The highest BCUT2D eigenvalue weighted by atomic mass is 16.2. The maximum Gasteiger partial charge on any atom is 0.291 e. The monoisotopic (exact) mass is 244 g/mol. The number of hydrogen-bond acceptors (Lipinski definition) is 3. The van der Waals surface area contributed by atoms with Crippen LogP contribution in [0.2, 0.25) is 0 Å². The minimum absolute atomic E-state index is 0.0162. The summed E-state index contributed by atoms with van der Waals surface area (Å²) in [7, 11) is 0. The van der Waals surface area contributed by atoms with Gasteiger partial charge < -0.3 is 5.32 Å². The van der Waals surface area contributed by atoms with Gasteiger partial charge in [0.25, 0.3) is 5.91 Å². The summed E-state index contributed by atoms with van der Waals surface area (Å²) in [5.41, 5.74) is 1.08. The molecule has 2 aromatic rings. The zero-order chi connectivity index (χ0) is 13.0. The summed E-state index contributed by atoms with van der Waals surface area (Å²) in [6.07, 6.45) is 0.819. The van der Waals surface area contributed by atoms with Crippen LogP contribution in [0, 0.1) is 6.92 Å². The van der Waals surface area contributed by atoms with Gasteiger partial charge in [-0.2, -0.15) is 0 Å². The van der Waals surface area contributed by atoms with E-state index in [0.717, 1.165) is 12.0 Å². The fraction of sp³-hybridized carbons (Fsp3) is 0.308. The van der Waals surface area contributed by atoms with E-state index in [0.29, 0.717) is 5.82 Å². The van der Waals surface area contributed by atoms with Crippen LogP contribution in [0.15, 0.2) is 30.3 Å². The topological polar surface area (TPSA) is 70.7 Å². The van der Waals surface area contributed by atoms with E-state index in [1.807, 2.05) is 37.3 Å². The molecule has 0 aliphatic carbocycles. The number of rotatable bonds is 4. The molecule has 0 bridgehead atoms. The summed E-state index contributed by atoms with van der Waals surface area (Å²) >= 11 is 0. The number of benzene rings is 1. The largest absolute Gasteiger partial charge is 0.342 e. The van der Waals surface area contributed by atoms with Crippen molar-refractivity contribution in [1.29, 1.82) is 0 Å². The van der Waals surface area contributed by atoms with Gasteiger partial charge >= 0.3 is 0 Å². The fourth-order valence-electron chi connectivity index (χ4n) is 1.77. The van der Waals surface area contributed by atoms with Crippen LogP contribution in [-0.2, 0) is 0 Å². The summed E-state index contributed by atoms with van der Waals surface area (Å²) in [5, 5.41) is 9.44. The van der Waals surface area contributed by atoms with E-state index < -0.39 is 0 Å². The van der Waals surface area contributed by atoms with Crippen LogP contribution in [0.4, 0.5) is 0 Å². The number of aromatic nitrogens is 3. The van der Waals surface area contributed by atoms with E-state index in [1.54, 1.807) is 6.92 Å². The Morgan fingerprint density at radius 2 is 2.11 bits per heavy atom. The Hall–Kier alpha value is -2.17. The van der Waals surface area contributed by atoms with E-state index in [4.69, 9.17) is 0 Å². The van der Waals surface area contributed by atoms with Crippen LogP contribution in [0.1, 0.15) is 41.4 Å². The van der Waals surface area contributed by atoms with Gasteiger partial charge in [0, 0.05) is 0 Å². The first-order valence-electron chi connectivity index (χ1n) is 5.95. The highest BCUT2D eigenvalue weighted by Gasteiger charge is 2.16. The lowest BCUT2D eigenvalue weighted by molar-refractivity contribution is 0.0925. The highest BCUT2D eigenvalue weighted by molar-refractivity contribution is 5.90. The fourth-order valence-corrected chi connectivity index (χ4v) is 1.77. The average molecular weight is 244 g/mol. The molecule has 94 valence electrons. The number of amides is 1. The van der Waals surface area contributed by atoms with E-state index in [2.05, 4.69) is 20.5 Å². The molecule has 0 radical (unpaired) electrons. The van der Waals surface area contributed by atoms with Gasteiger partial charge in [-0.1, -0.05) is 37.3 Å². The van der Waals surface area contributed by atoms with Crippen LogP contribution in [-0.4, -0.2) is 21.1 Å². The first-order valence-corrected chi connectivity index (χ1v) is 5.95. The van der Waals surface area contributed by atoms with Crippen molar-refractivity contribution in [3.8, 4) is 0 Å². The van der Waals surface area contributed by atoms with Crippen molar-refractivity contribution in [2.75, 3.05) is 0 Å². The Bertz CT molecular complexity index is 521. The Morgan fingerprint density at radius 1 is 1.39 bits per heavy atom. The molecule has 2 rings (SSSR count). The maximum absolute atomic E-state index is 11.9. The molecule has 1 amide bonds. The molecule has 1 unspecified atom stereocenters. The number of nitrogens with one attached hydrogen (secondary N) is 2. The van der Waals surface area contributed by atoms with Gasteiger partial charge in [0.2, 0.25) is 5.82 Å². The third-order valence-corrected chi connectivity index (χ3v) is 2.72. The molecule has 1 heterocycles. The number of carbonyl (C=O) groups excluding carboxylic acids is 1. The van der Waals surface area contributed by atoms with Gasteiger partial charge in [-0.15, -0.1) is 5.10 Å². The predicted octanol–water partition coefficient (Wildman–Crippen LogP) is 1.99. The van der Waals surface area contributed by atoms with Crippen molar-refractivity contribution in [1.82, 2.24) is 20.5 Å². The van der Waals surface area contributed by atoms with E-state index in [-0.39, 0.29) is 17.8 Å². The van der Waals surface area contributed by atoms with Gasteiger partial charge in [0.15, 0.2) is 0 Å². The summed E-state index contributed by atoms with van der Waals surface area (Å²) < 4.78 is 0. The molecule has 5 nitrogen and oxygen atoms in total. The minimum Gasteiger partial charge on any atom is -0.342 e. The SMILES string of the molecule is CCC(NC(=O)c1n[nH]c(C)n1)c1ccccc1. The van der Waals surface area contributed by atoms with Gasteiger partial charge in [-0.05, 0) is 18.9 Å². The van der Waals surface area contributed by atoms with Crippen LogP contribution < -0.4 is 5.32 Å². The van der Waals surface area contributed by atoms with Crippen molar-refractivity contribution in [3.63, 3.8) is 0 Å². The summed E-state index contributed by atoms with van der Waals surface area (Å²) in [6.45, 7) is 3.79. The highest BCUT2D eigenvalue weighted by Crippen LogP contribution is 2.16. The minimum atomic E-state index is -0.255. The van der Waals surface area contributed by atoms with Crippen molar-refractivity contribution in [2.45, 2.75) is 26.3 Å². The Balaban J connectivity index is 2.10. The zero-order valence-corrected chi connectivity index (χ0v) is 10.5. The quantitative estimate of drug-likeness (QED) is 0.864. The number of nitrogens with zero attached hydrogens (tertiary/aromatic N) is 2. The van der Waals surface area contributed by atoms with Crippen molar-refractivity contribution in [3.05, 3.63) is 47.5 Å². The molecule has 0 saturated carbocycles. The molecule has 1 aromatic carbocycles. The smallest absolute Gasteiger partial charge is 0.291 e. The van der Waals surface area contributed by atoms with Gasteiger partial charge in [0.1, 0.15) is 5.82 Å². The third kappa shape index (κ3) is 2.74. The molecular weight excluding hydrogens is 228 g/mol. The Kier molecular flexibility index (Phi) is 3.72. The van der Waals surface area contributed by atoms with Gasteiger partial charge in [0.05, 0.1) is 6.04 Å². The summed E-state index contributed by atoms with van der Waals surface area (Å²) in [5.74, 6) is 0.560. The average Bonchev–Trinajstić information content (AvgIpc) is 2.83.